The van der Waals surface area contributed by atoms with Gasteiger partial charge in [-0.1, -0.05) is 136 Å². The van der Waals surface area contributed by atoms with Gasteiger partial charge in [0.05, 0.1) is 8.07 Å². The zero-order chi connectivity index (χ0) is 25.8. The minimum Gasteiger partial charge on any atom is -0.0908 e. The number of fused-ring (bicyclic) bond motifs is 3. The Bertz CT molecular complexity index is 1350. The Morgan fingerprint density at radius 3 is 1.86 bits per heavy atom. The molecule has 0 nitrogen and oxygen atoms in total. The monoisotopic (exact) mass is 480 g/mol. The normalized spacial score (nSPS) is 13.4. The molecule has 0 bridgehead atoms. The fourth-order valence-corrected chi connectivity index (χ4v) is 10.5. The van der Waals surface area contributed by atoms with Crippen molar-refractivity contribution in [2.24, 2.45) is 0 Å². The summed E-state index contributed by atoms with van der Waals surface area (Å²) in [5, 5.41) is 4.27. The Kier molecular flexibility index (Phi) is 6.56. The third kappa shape index (κ3) is 4.16. The van der Waals surface area contributed by atoms with Gasteiger partial charge in [-0.2, -0.15) is 0 Å². The summed E-state index contributed by atoms with van der Waals surface area (Å²) in [6.07, 6.45) is 2.45. The van der Waals surface area contributed by atoms with Gasteiger partial charge < -0.3 is 0 Å². The summed E-state index contributed by atoms with van der Waals surface area (Å²) < 4.78 is 0. The number of rotatable bonds is 5. The van der Waals surface area contributed by atoms with Gasteiger partial charge in [-0.15, -0.1) is 0 Å². The molecule has 0 spiro atoms. The van der Waals surface area contributed by atoms with Gasteiger partial charge in [0.25, 0.3) is 0 Å². The lowest BCUT2D eigenvalue weighted by Gasteiger charge is -2.37. The van der Waals surface area contributed by atoms with E-state index >= 15 is 0 Å². The lowest BCUT2D eigenvalue weighted by Crippen LogP contribution is -2.53. The Morgan fingerprint density at radius 2 is 1.34 bits per heavy atom. The van der Waals surface area contributed by atoms with E-state index in [9.17, 15) is 0 Å². The van der Waals surface area contributed by atoms with Crippen molar-refractivity contribution >= 4 is 25.9 Å². The lowest BCUT2D eigenvalue weighted by molar-refractivity contribution is 0.588. The van der Waals surface area contributed by atoms with Gasteiger partial charge in [0, 0.05) is 0 Å². The summed E-state index contributed by atoms with van der Waals surface area (Å²) in [6.45, 7) is 26.1. The molecule has 0 atom stereocenters. The highest BCUT2D eigenvalue weighted by atomic mass is 28.3. The van der Waals surface area contributed by atoms with Crippen LogP contribution in [0.2, 0.25) is 18.1 Å². The lowest BCUT2D eigenvalue weighted by atomic mass is 9.79. The van der Waals surface area contributed by atoms with Crippen molar-refractivity contribution in [2.75, 3.05) is 0 Å². The van der Waals surface area contributed by atoms with E-state index in [1.165, 1.54) is 67.5 Å². The van der Waals surface area contributed by atoms with Crippen LogP contribution in [0.25, 0.3) is 34.9 Å². The SMILES string of the molecule is C=c1c(C(C)(C)C)c(-c2ccccc2)c([Si](CC)(CC)CC)c2c1=Cc1cc(C(C)(C)C)ccc1-2. The molecule has 0 fully saturated rings. The third-order valence-electron chi connectivity index (χ3n) is 8.51. The largest absolute Gasteiger partial charge is 0.0908 e. The highest BCUT2D eigenvalue weighted by Crippen LogP contribution is 2.39. The van der Waals surface area contributed by atoms with Gasteiger partial charge in [-0.25, -0.2) is 0 Å². The predicted octanol–water partition coefficient (Wildman–Crippen LogP) is 7.88. The predicted molar refractivity (Wildman–Crippen MR) is 160 cm³/mol. The van der Waals surface area contributed by atoms with Gasteiger partial charge in [0.2, 0.25) is 0 Å². The molecule has 0 unspecified atom stereocenters. The molecular weight excluding hydrogens is 436 g/mol. The number of hydrogen-bond donors (Lipinski definition) is 0. The molecule has 35 heavy (non-hydrogen) atoms. The summed E-state index contributed by atoms with van der Waals surface area (Å²) in [4.78, 5) is 0. The molecule has 4 rings (SSSR count). The molecule has 1 aliphatic rings. The minimum atomic E-state index is -1.78. The van der Waals surface area contributed by atoms with Crippen LogP contribution in [0.3, 0.4) is 0 Å². The van der Waals surface area contributed by atoms with Gasteiger partial charge in [0.1, 0.15) is 0 Å². The van der Waals surface area contributed by atoms with Crippen LogP contribution in [-0.4, -0.2) is 8.07 Å². The van der Waals surface area contributed by atoms with Crippen molar-refractivity contribution in [2.45, 2.75) is 91.3 Å². The molecule has 0 radical (unpaired) electrons. The fraction of sp³-hybridized carbons (Fsp3) is 0.412. The quantitative estimate of drug-likeness (QED) is 0.255. The maximum atomic E-state index is 4.78. The summed E-state index contributed by atoms with van der Waals surface area (Å²) >= 11 is 0. The molecule has 0 N–H and O–H groups in total. The standard InChI is InChI=1S/C34H44Si/c1-11-35(12-2,13-3)32-29(24-17-15-14-16-18-24)31(34(8,9)10)23(4)28-22-25-21-26(33(5,6)7)19-20-27(25)30(28)32/h14-22H,4,11-13H2,1-3,5-10H3. The van der Waals surface area contributed by atoms with Crippen LogP contribution >= 0.6 is 0 Å². The summed E-state index contributed by atoms with van der Waals surface area (Å²) in [5.41, 5.74) is 10.1. The summed E-state index contributed by atoms with van der Waals surface area (Å²) in [6, 6.07) is 22.2. The van der Waals surface area contributed by atoms with Crippen LogP contribution in [-0.2, 0) is 10.8 Å². The minimum absolute atomic E-state index is 0.000582. The van der Waals surface area contributed by atoms with Crippen molar-refractivity contribution < 1.29 is 0 Å². The van der Waals surface area contributed by atoms with Crippen molar-refractivity contribution in [3.8, 4) is 22.3 Å². The van der Waals surface area contributed by atoms with Gasteiger partial charge in [0.15, 0.2) is 0 Å². The molecule has 184 valence electrons. The summed E-state index contributed by atoms with van der Waals surface area (Å²) in [7, 11) is -1.78. The van der Waals surface area contributed by atoms with E-state index in [-0.39, 0.29) is 10.8 Å². The third-order valence-corrected chi connectivity index (χ3v) is 14.1. The van der Waals surface area contributed by atoms with Gasteiger partial charge in [-0.05, 0) is 71.5 Å². The van der Waals surface area contributed by atoms with E-state index in [0.717, 1.165) is 0 Å². The van der Waals surface area contributed by atoms with E-state index in [2.05, 4.69) is 117 Å². The van der Waals surface area contributed by atoms with E-state index in [0.29, 0.717) is 0 Å². The second kappa shape index (κ2) is 8.93. The zero-order valence-corrected chi connectivity index (χ0v) is 24.5. The molecule has 1 aliphatic carbocycles. The second-order valence-corrected chi connectivity index (χ2v) is 17.7. The first-order valence-corrected chi connectivity index (χ1v) is 16.1. The maximum absolute atomic E-state index is 4.78. The second-order valence-electron chi connectivity index (χ2n) is 12.5. The Balaban J connectivity index is 2.27. The fourth-order valence-electron chi connectivity index (χ4n) is 6.32. The van der Waals surface area contributed by atoms with Crippen molar-refractivity contribution in [1.82, 2.24) is 0 Å². The van der Waals surface area contributed by atoms with Crippen LogP contribution in [0.5, 0.6) is 0 Å². The van der Waals surface area contributed by atoms with E-state index in [1.807, 2.05) is 0 Å². The molecule has 0 saturated heterocycles. The van der Waals surface area contributed by atoms with Gasteiger partial charge in [-0.3, -0.25) is 0 Å². The van der Waals surface area contributed by atoms with E-state index < -0.39 is 8.07 Å². The van der Waals surface area contributed by atoms with Crippen molar-refractivity contribution in [1.29, 1.82) is 0 Å². The number of hydrogen-bond acceptors (Lipinski definition) is 0. The van der Waals surface area contributed by atoms with Crippen LogP contribution < -0.4 is 15.6 Å². The molecule has 0 saturated carbocycles. The smallest absolute Gasteiger partial charge is 0.0875 e. The highest BCUT2D eigenvalue weighted by molar-refractivity contribution is 6.93. The van der Waals surface area contributed by atoms with Crippen LogP contribution in [0.15, 0.2) is 48.5 Å². The average molecular weight is 481 g/mol. The van der Waals surface area contributed by atoms with Crippen molar-refractivity contribution in [3.63, 3.8) is 0 Å². The first-order chi connectivity index (χ1) is 16.4. The Labute approximate surface area is 214 Å². The van der Waals surface area contributed by atoms with Crippen LogP contribution in [0.1, 0.15) is 79.0 Å². The molecule has 0 aromatic heterocycles. The van der Waals surface area contributed by atoms with Crippen LogP contribution in [0.4, 0.5) is 0 Å². The Hall–Kier alpha value is -2.38. The molecule has 3 aromatic rings. The summed E-state index contributed by atoms with van der Waals surface area (Å²) in [5.74, 6) is 0. The van der Waals surface area contributed by atoms with E-state index in [4.69, 9.17) is 6.58 Å². The van der Waals surface area contributed by atoms with Crippen molar-refractivity contribution in [3.05, 3.63) is 75.7 Å². The Morgan fingerprint density at radius 1 is 0.743 bits per heavy atom. The highest BCUT2D eigenvalue weighted by Gasteiger charge is 2.39. The molecule has 0 heterocycles. The molecule has 1 heteroatoms. The molecule has 0 aliphatic heterocycles. The zero-order valence-electron chi connectivity index (χ0n) is 23.5. The molecule has 0 amide bonds. The van der Waals surface area contributed by atoms with Gasteiger partial charge >= 0.3 is 0 Å². The maximum Gasteiger partial charge on any atom is 0.0875 e. The van der Waals surface area contributed by atoms with E-state index in [1.54, 1.807) is 5.19 Å². The van der Waals surface area contributed by atoms with Crippen LogP contribution in [0, 0.1) is 0 Å². The molecule has 3 aromatic carbocycles. The topological polar surface area (TPSA) is 0 Å². The first-order valence-electron chi connectivity index (χ1n) is 13.5. The number of benzene rings is 3. The molecular formula is C34H44Si. The average Bonchev–Trinajstić information content (AvgIpc) is 3.19. The first kappa shape index (κ1) is 25.7.